The molecule has 0 radical (unpaired) electrons. The fraction of sp³-hybridized carbons (Fsp3) is 0.778. The molecular formula is C9H18N2O2. The van der Waals surface area contributed by atoms with Gasteiger partial charge < -0.3 is 9.68 Å². The van der Waals surface area contributed by atoms with Crippen molar-refractivity contribution < 1.29 is 9.68 Å². The van der Waals surface area contributed by atoms with Gasteiger partial charge in [-0.3, -0.25) is 0 Å². The molecule has 4 heteroatoms. The largest absolute Gasteiger partial charge is 0.399 e. The van der Waals surface area contributed by atoms with Gasteiger partial charge in [-0.25, -0.2) is 0 Å². The fourth-order valence-corrected chi connectivity index (χ4v) is 1.00. The molecule has 0 unspecified atom stereocenters. The Morgan fingerprint density at radius 2 is 1.31 bits per heavy atom. The summed E-state index contributed by atoms with van der Waals surface area (Å²) in [6, 6.07) is 0. The second kappa shape index (κ2) is 7.58. The third-order valence-electron chi connectivity index (χ3n) is 1.57. The SMILES string of the molecule is CO/N=C(/C)CCC/C(C)=N/OC. The molecule has 4 nitrogen and oxygen atoms in total. The van der Waals surface area contributed by atoms with E-state index in [2.05, 4.69) is 20.0 Å². The van der Waals surface area contributed by atoms with E-state index in [1.54, 1.807) is 14.2 Å². The van der Waals surface area contributed by atoms with E-state index in [1.165, 1.54) is 0 Å². The topological polar surface area (TPSA) is 43.2 Å². The second-order valence-electron chi connectivity index (χ2n) is 2.87. The van der Waals surface area contributed by atoms with Crippen molar-refractivity contribution in [1.29, 1.82) is 0 Å². The molecule has 0 heterocycles. The van der Waals surface area contributed by atoms with Gasteiger partial charge in [0, 0.05) is 0 Å². The summed E-state index contributed by atoms with van der Waals surface area (Å²) >= 11 is 0. The third-order valence-corrected chi connectivity index (χ3v) is 1.57. The van der Waals surface area contributed by atoms with Crippen molar-refractivity contribution in [3.05, 3.63) is 0 Å². The summed E-state index contributed by atoms with van der Waals surface area (Å²) in [4.78, 5) is 9.28. The monoisotopic (exact) mass is 186 g/mol. The molecule has 0 rings (SSSR count). The summed E-state index contributed by atoms with van der Waals surface area (Å²) in [5, 5.41) is 7.63. The molecule has 0 amide bonds. The lowest BCUT2D eigenvalue weighted by Gasteiger charge is -1.99. The van der Waals surface area contributed by atoms with Crippen LogP contribution in [-0.2, 0) is 9.68 Å². The van der Waals surface area contributed by atoms with E-state index < -0.39 is 0 Å². The molecule has 0 atom stereocenters. The van der Waals surface area contributed by atoms with Gasteiger partial charge in [0.05, 0.1) is 11.4 Å². The van der Waals surface area contributed by atoms with E-state index in [1.807, 2.05) is 13.8 Å². The molecule has 0 aromatic heterocycles. The molecule has 0 aliphatic heterocycles. The summed E-state index contributed by atoms with van der Waals surface area (Å²) in [6.45, 7) is 3.90. The zero-order chi connectivity index (χ0) is 10.1. The first kappa shape index (κ1) is 11.9. The highest BCUT2D eigenvalue weighted by atomic mass is 16.6. The van der Waals surface area contributed by atoms with Crippen LogP contribution >= 0.6 is 0 Å². The van der Waals surface area contributed by atoms with Gasteiger partial charge >= 0.3 is 0 Å². The van der Waals surface area contributed by atoms with E-state index in [-0.39, 0.29) is 0 Å². The summed E-state index contributed by atoms with van der Waals surface area (Å²) in [7, 11) is 3.11. The second-order valence-corrected chi connectivity index (χ2v) is 2.87. The minimum absolute atomic E-state index is 0.935. The maximum atomic E-state index is 4.64. The highest BCUT2D eigenvalue weighted by molar-refractivity contribution is 5.84. The normalized spacial score (nSPS) is 12.9. The zero-order valence-corrected chi connectivity index (χ0v) is 8.83. The Labute approximate surface area is 79.6 Å². The Morgan fingerprint density at radius 1 is 0.923 bits per heavy atom. The third kappa shape index (κ3) is 7.31. The van der Waals surface area contributed by atoms with Crippen LogP contribution in [0.3, 0.4) is 0 Å². The number of nitrogens with zero attached hydrogens (tertiary/aromatic N) is 2. The minimum atomic E-state index is 0.935. The van der Waals surface area contributed by atoms with Gasteiger partial charge in [-0.05, 0) is 33.1 Å². The Kier molecular flexibility index (Phi) is 6.96. The van der Waals surface area contributed by atoms with Crippen molar-refractivity contribution in [2.75, 3.05) is 14.2 Å². The van der Waals surface area contributed by atoms with Crippen LogP contribution in [0, 0.1) is 0 Å². The van der Waals surface area contributed by atoms with Crippen molar-refractivity contribution in [3.63, 3.8) is 0 Å². The lowest BCUT2D eigenvalue weighted by Crippen LogP contribution is -1.97. The van der Waals surface area contributed by atoms with E-state index >= 15 is 0 Å². The lowest BCUT2D eigenvalue weighted by molar-refractivity contribution is 0.211. The van der Waals surface area contributed by atoms with Crippen LogP contribution in [0.15, 0.2) is 10.3 Å². The van der Waals surface area contributed by atoms with Gasteiger partial charge in [0.1, 0.15) is 14.2 Å². The van der Waals surface area contributed by atoms with Crippen molar-refractivity contribution in [1.82, 2.24) is 0 Å². The molecule has 0 aliphatic rings. The molecule has 0 saturated heterocycles. The van der Waals surface area contributed by atoms with Gasteiger partial charge in [0.25, 0.3) is 0 Å². The minimum Gasteiger partial charge on any atom is -0.399 e. The maximum absolute atomic E-state index is 4.64. The summed E-state index contributed by atoms with van der Waals surface area (Å²) in [5.41, 5.74) is 2.01. The molecule has 13 heavy (non-hydrogen) atoms. The molecule has 0 N–H and O–H groups in total. The summed E-state index contributed by atoms with van der Waals surface area (Å²) in [6.07, 6.45) is 2.90. The molecule has 0 aromatic rings. The van der Waals surface area contributed by atoms with E-state index in [0.717, 1.165) is 30.7 Å². The van der Waals surface area contributed by atoms with E-state index in [4.69, 9.17) is 0 Å². The molecule has 0 saturated carbocycles. The number of oxime groups is 2. The van der Waals surface area contributed by atoms with Crippen LogP contribution in [0.4, 0.5) is 0 Å². The first-order valence-corrected chi connectivity index (χ1v) is 4.34. The first-order valence-electron chi connectivity index (χ1n) is 4.34. The lowest BCUT2D eigenvalue weighted by atomic mass is 10.1. The standard InChI is InChI=1S/C9H18N2O2/c1-8(10-12-3)6-5-7-9(2)11-13-4/h5-7H2,1-4H3/b10-8-,11-9+. The molecule has 0 aliphatic carbocycles. The van der Waals surface area contributed by atoms with Crippen LogP contribution in [0.25, 0.3) is 0 Å². The number of hydrogen-bond donors (Lipinski definition) is 0. The smallest absolute Gasteiger partial charge is 0.106 e. The van der Waals surface area contributed by atoms with Crippen LogP contribution in [-0.4, -0.2) is 25.6 Å². The number of rotatable bonds is 6. The Morgan fingerprint density at radius 3 is 1.62 bits per heavy atom. The van der Waals surface area contributed by atoms with Crippen LogP contribution in [0.2, 0.25) is 0 Å². The van der Waals surface area contributed by atoms with Crippen LogP contribution in [0.5, 0.6) is 0 Å². The van der Waals surface area contributed by atoms with E-state index in [9.17, 15) is 0 Å². The van der Waals surface area contributed by atoms with Gasteiger partial charge in [-0.15, -0.1) is 0 Å². The maximum Gasteiger partial charge on any atom is 0.106 e. The molecule has 0 spiro atoms. The quantitative estimate of drug-likeness (QED) is 0.471. The van der Waals surface area contributed by atoms with Gasteiger partial charge in [-0.1, -0.05) is 10.3 Å². The predicted molar refractivity (Wildman–Crippen MR) is 54.1 cm³/mol. The fourth-order valence-electron chi connectivity index (χ4n) is 1.00. The molecular weight excluding hydrogens is 168 g/mol. The van der Waals surface area contributed by atoms with Crippen LogP contribution < -0.4 is 0 Å². The highest BCUT2D eigenvalue weighted by Gasteiger charge is 1.95. The van der Waals surface area contributed by atoms with Crippen LogP contribution in [0.1, 0.15) is 33.1 Å². The van der Waals surface area contributed by atoms with Crippen molar-refractivity contribution in [2.24, 2.45) is 10.3 Å². The molecule has 0 bridgehead atoms. The Hall–Kier alpha value is -1.06. The molecule has 0 fully saturated rings. The van der Waals surface area contributed by atoms with Gasteiger partial charge in [0.15, 0.2) is 0 Å². The Balaban J connectivity index is 3.56. The van der Waals surface area contributed by atoms with Crippen molar-refractivity contribution >= 4 is 11.4 Å². The Bertz CT molecular complexity index is 168. The molecule has 0 aromatic carbocycles. The highest BCUT2D eigenvalue weighted by Crippen LogP contribution is 2.00. The molecule has 76 valence electrons. The summed E-state index contributed by atoms with van der Waals surface area (Å²) in [5.74, 6) is 0. The average molecular weight is 186 g/mol. The van der Waals surface area contributed by atoms with Crippen molar-refractivity contribution in [3.8, 4) is 0 Å². The zero-order valence-electron chi connectivity index (χ0n) is 8.83. The van der Waals surface area contributed by atoms with Crippen molar-refractivity contribution in [2.45, 2.75) is 33.1 Å². The van der Waals surface area contributed by atoms with Gasteiger partial charge in [0.2, 0.25) is 0 Å². The summed E-state index contributed by atoms with van der Waals surface area (Å²) < 4.78 is 0. The average Bonchev–Trinajstić information content (AvgIpc) is 2.05. The van der Waals surface area contributed by atoms with E-state index in [0.29, 0.717) is 0 Å². The number of hydrogen-bond acceptors (Lipinski definition) is 4. The first-order chi connectivity index (χ1) is 6.20. The predicted octanol–water partition coefficient (Wildman–Crippen LogP) is 2.20. The van der Waals surface area contributed by atoms with Gasteiger partial charge in [-0.2, -0.15) is 0 Å².